The third-order valence-corrected chi connectivity index (χ3v) is 4.14. The highest BCUT2D eigenvalue weighted by molar-refractivity contribution is 9.10. The Morgan fingerprint density at radius 2 is 2.00 bits per heavy atom. The molecule has 0 unspecified atom stereocenters. The second-order valence-corrected chi connectivity index (χ2v) is 6.62. The van der Waals surface area contributed by atoms with Crippen molar-refractivity contribution in [1.29, 1.82) is 0 Å². The van der Waals surface area contributed by atoms with Gasteiger partial charge in [-0.15, -0.1) is 11.3 Å². The van der Waals surface area contributed by atoms with E-state index < -0.39 is 23.8 Å². The van der Waals surface area contributed by atoms with Crippen LogP contribution >= 0.6 is 27.3 Å². The van der Waals surface area contributed by atoms with Gasteiger partial charge in [-0.05, 0) is 30.7 Å². The van der Waals surface area contributed by atoms with Crippen molar-refractivity contribution >= 4 is 50.0 Å². The van der Waals surface area contributed by atoms with Crippen LogP contribution in [0.2, 0.25) is 0 Å². The van der Waals surface area contributed by atoms with Gasteiger partial charge < -0.3 is 10.6 Å². The summed E-state index contributed by atoms with van der Waals surface area (Å²) in [6.45, 7) is 1.46. The predicted octanol–water partition coefficient (Wildman–Crippen LogP) is 3.99. The van der Waals surface area contributed by atoms with Gasteiger partial charge in [-0.25, -0.2) is 9.78 Å². The van der Waals surface area contributed by atoms with E-state index in [1.54, 1.807) is 19.1 Å². The molecule has 0 aliphatic rings. The molecule has 134 valence electrons. The Hall–Kier alpha value is -2.14. The monoisotopic (exact) mass is 436 g/mol. The van der Waals surface area contributed by atoms with Crippen LogP contribution in [0.15, 0.2) is 28.1 Å². The number of carbonyl (C=O) groups is 2. The van der Waals surface area contributed by atoms with Crippen LogP contribution in [-0.2, 0) is 11.0 Å². The molecule has 0 aliphatic carbocycles. The average Bonchev–Trinajstić information content (AvgIpc) is 2.97. The summed E-state index contributed by atoms with van der Waals surface area (Å²) in [5.41, 5.74) is 0.330. The van der Waals surface area contributed by atoms with E-state index in [0.717, 1.165) is 15.4 Å². The lowest BCUT2D eigenvalue weighted by Crippen LogP contribution is -2.35. The molecule has 6 nitrogen and oxygen atoms in total. The minimum Gasteiger partial charge on any atom is -0.329 e. The summed E-state index contributed by atoms with van der Waals surface area (Å²) in [4.78, 5) is 26.7. The Morgan fingerprint density at radius 3 is 2.60 bits per heavy atom. The van der Waals surface area contributed by atoms with Gasteiger partial charge in [0.1, 0.15) is 0 Å². The van der Waals surface area contributed by atoms with Gasteiger partial charge in [-0.2, -0.15) is 13.2 Å². The highest BCUT2D eigenvalue weighted by atomic mass is 79.9. The number of carbonyl (C=O) groups excluding carboxylic acids is 2. The number of benzene rings is 1. The van der Waals surface area contributed by atoms with Crippen molar-refractivity contribution < 1.29 is 22.8 Å². The average molecular weight is 437 g/mol. The molecule has 1 aromatic carbocycles. The maximum Gasteiger partial charge on any atom is 0.434 e. The van der Waals surface area contributed by atoms with Crippen molar-refractivity contribution in [2.24, 2.45) is 0 Å². The molecule has 0 saturated carbocycles. The smallest absolute Gasteiger partial charge is 0.329 e. The Labute approximate surface area is 153 Å². The molecule has 3 N–H and O–H groups in total. The highest BCUT2D eigenvalue weighted by Gasteiger charge is 2.33. The summed E-state index contributed by atoms with van der Waals surface area (Å²) in [5.74, 6) is -0.476. The summed E-state index contributed by atoms with van der Waals surface area (Å²) in [6.07, 6.45) is -4.57. The van der Waals surface area contributed by atoms with Gasteiger partial charge in [0.05, 0.1) is 6.54 Å². The first-order chi connectivity index (χ1) is 11.6. The fourth-order valence-electron chi connectivity index (χ4n) is 1.72. The Kier molecular flexibility index (Phi) is 6.01. The normalized spacial score (nSPS) is 11.1. The highest BCUT2D eigenvalue weighted by Crippen LogP contribution is 2.31. The molecule has 1 aromatic heterocycles. The fraction of sp³-hybridized carbons (Fsp3) is 0.214. The SMILES string of the molecule is Cc1cc(Br)ccc1NC(=O)CNC(=O)Nc1nc(C(F)(F)F)cs1. The third kappa shape index (κ3) is 5.71. The number of thiazole rings is 1. The first-order valence-corrected chi connectivity index (χ1v) is 8.46. The van der Waals surface area contributed by atoms with E-state index in [1.165, 1.54) is 0 Å². The summed E-state index contributed by atoms with van der Waals surface area (Å²) in [5, 5.41) is 7.58. The number of urea groups is 1. The number of rotatable bonds is 4. The quantitative estimate of drug-likeness (QED) is 0.677. The number of aryl methyl sites for hydroxylation is 1. The maximum atomic E-state index is 12.4. The van der Waals surface area contributed by atoms with Gasteiger partial charge in [-0.1, -0.05) is 15.9 Å². The molecule has 2 rings (SSSR count). The Balaban J connectivity index is 1.83. The van der Waals surface area contributed by atoms with Crippen molar-refractivity contribution in [3.8, 4) is 0 Å². The molecule has 25 heavy (non-hydrogen) atoms. The first kappa shape index (κ1) is 19.2. The molecular weight excluding hydrogens is 425 g/mol. The molecule has 0 radical (unpaired) electrons. The van der Waals surface area contributed by atoms with Crippen LogP contribution in [0.5, 0.6) is 0 Å². The number of halogens is 4. The standard InChI is InChI=1S/C14H12BrF3N4O2S/c1-7-4-8(15)2-3-9(7)20-11(23)5-19-12(24)22-13-21-10(6-25-13)14(16,17)18/h2-4,6H,5H2,1H3,(H,20,23)(H2,19,21,22,24). The summed E-state index contributed by atoms with van der Waals surface area (Å²) < 4.78 is 38.1. The predicted molar refractivity (Wildman–Crippen MR) is 91.6 cm³/mol. The second kappa shape index (κ2) is 7.83. The van der Waals surface area contributed by atoms with Gasteiger partial charge in [0.2, 0.25) is 5.91 Å². The van der Waals surface area contributed by atoms with E-state index in [9.17, 15) is 22.8 Å². The number of amides is 3. The molecule has 0 aliphatic heterocycles. The van der Waals surface area contributed by atoms with Crippen molar-refractivity contribution in [3.05, 3.63) is 39.3 Å². The summed E-state index contributed by atoms with van der Waals surface area (Å²) in [6, 6.07) is 4.44. The molecule has 0 fully saturated rings. The number of hydrogen-bond donors (Lipinski definition) is 3. The molecule has 0 spiro atoms. The van der Waals surface area contributed by atoms with Gasteiger partial charge in [-0.3, -0.25) is 10.1 Å². The van der Waals surface area contributed by atoms with Crippen molar-refractivity contribution in [2.45, 2.75) is 13.1 Å². The second-order valence-electron chi connectivity index (χ2n) is 4.85. The van der Waals surface area contributed by atoms with E-state index in [0.29, 0.717) is 17.0 Å². The van der Waals surface area contributed by atoms with Crippen LogP contribution in [-0.4, -0.2) is 23.5 Å². The van der Waals surface area contributed by atoms with Gasteiger partial charge in [0.25, 0.3) is 0 Å². The van der Waals surface area contributed by atoms with Crippen LogP contribution in [0.1, 0.15) is 11.3 Å². The van der Waals surface area contributed by atoms with Crippen LogP contribution < -0.4 is 16.0 Å². The lowest BCUT2D eigenvalue weighted by Gasteiger charge is -2.09. The molecule has 0 saturated heterocycles. The third-order valence-electron chi connectivity index (χ3n) is 2.89. The van der Waals surface area contributed by atoms with E-state index in [4.69, 9.17) is 0 Å². The summed E-state index contributed by atoms with van der Waals surface area (Å²) in [7, 11) is 0. The molecular formula is C14H12BrF3N4O2S. The van der Waals surface area contributed by atoms with Crippen LogP contribution in [0.25, 0.3) is 0 Å². The van der Waals surface area contributed by atoms with E-state index in [1.807, 2.05) is 6.07 Å². The van der Waals surface area contributed by atoms with Crippen molar-refractivity contribution in [1.82, 2.24) is 10.3 Å². The zero-order valence-electron chi connectivity index (χ0n) is 12.7. The number of aromatic nitrogens is 1. The van der Waals surface area contributed by atoms with E-state index in [2.05, 4.69) is 36.9 Å². The minimum atomic E-state index is -4.57. The molecule has 0 atom stereocenters. The van der Waals surface area contributed by atoms with Gasteiger partial charge >= 0.3 is 12.2 Å². The number of alkyl halides is 3. The minimum absolute atomic E-state index is 0.214. The summed E-state index contributed by atoms with van der Waals surface area (Å²) >= 11 is 3.94. The fourth-order valence-corrected chi connectivity index (χ4v) is 2.91. The topological polar surface area (TPSA) is 83.1 Å². The maximum absolute atomic E-state index is 12.4. The molecule has 3 amide bonds. The molecule has 11 heteroatoms. The van der Waals surface area contributed by atoms with Gasteiger partial charge in [0, 0.05) is 15.5 Å². The van der Waals surface area contributed by atoms with Crippen molar-refractivity contribution in [3.63, 3.8) is 0 Å². The lowest BCUT2D eigenvalue weighted by molar-refractivity contribution is -0.140. The zero-order valence-corrected chi connectivity index (χ0v) is 15.1. The largest absolute Gasteiger partial charge is 0.434 e. The van der Waals surface area contributed by atoms with Crippen LogP contribution in [0.4, 0.5) is 28.8 Å². The van der Waals surface area contributed by atoms with E-state index >= 15 is 0 Å². The number of hydrogen-bond acceptors (Lipinski definition) is 4. The Morgan fingerprint density at radius 1 is 1.28 bits per heavy atom. The Bertz CT molecular complexity index is 795. The number of nitrogens with zero attached hydrogens (tertiary/aromatic N) is 1. The van der Waals surface area contributed by atoms with Crippen LogP contribution in [0, 0.1) is 6.92 Å². The van der Waals surface area contributed by atoms with Gasteiger partial charge in [0.15, 0.2) is 10.8 Å². The van der Waals surface area contributed by atoms with E-state index in [-0.39, 0.29) is 11.7 Å². The lowest BCUT2D eigenvalue weighted by atomic mass is 10.2. The zero-order chi connectivity index (χ0) is 18.6. The molecule has 1 heterocycles. The first-order valence-electron chi connectivity index (χ1n) is 6.79. The van der Waals surface area contributed by atoms with Crippen LogP contribution in [0.3, 0.4) is 0 Å². The number of anilines is 2. The molecule has 2 aromatic rings. The van der Waals surface area contributed by atoms with Crippen molar-refractivity contribution in [2.75, 3.05) is 17.2 Å². The number of nitrogens with one attached hydrogen (secondary N) is 3. The molecule has 0 bridgehead atoms.